The first-order valence-electron chi connectivity index (χ1n) is 8.34. The van der Waals surface area contributed by atoms with E-state index in [1.165, 1.54) is 12.1 Å². The van der Waals surface area contributed by atoms with Gasteiger partial charge in [-0.3, -0.25) is 9.59 Å². The number of aromatic hydroxyl groups is 1. The van der Waals surface area contributed by atoms with E-state index in [1.807, 2.05) is 36.4 Å². The summed E-state index contributed by atoms with van der Waals surface area (Å²) in [5.41, 5.74) is 1.21. The number of anilines is 2. The van der Waals surface area contributed by atoms with Crippen LogP contribution in [0.5, 0.6) is 5.75 Å². The third kappa shape index (κ3) is 4.52. The van der Waals surface area contributed by atoms with E-state index in [-0.39, 0.29) is 17.6 Å². The summed E-state index contributed by atoms with van der Waals surface area (Å²) in [5.74, 6) is -1.22. The van der Waals surface area contributed by atoms with Crippen molar-refractivity contribution in [3.63, 3.8) is 0 Å². The predicted octanol–water partition coefficient (Wildman–Crippen LogP) is 4.31. The van der Waals surface area contributed by atoms with E-state index in [0.29, 0.717) is 24.2 Å². The van der Waals surface area contributed by atoms with Crippen molar-refractivity contribution >= 4 is 39.1 Å². The molecule has 2 aromatic carbocycles. The van der Waals surface area contributed by atoms with Crippen molar-refractivity contribution in [2.75, 3.05) is 10.6 Å². The fourth-order valence-electron chi connectivity index (χ4n) is 2.98. The predicted molar refractivity (Wildman–Crippen MR) is 105 cm³/mol. The molecule has 0 saturated heterocycles. The highest BCUT2D eigenvalue weighted by molar-refractivity contribution is 9.10. The highest BCUT2D eigenvalue weighted by Gasteiger charge is 2.34. The number of nitrogens with one attached hydrogen (secondary N) is 2. The van der Waals surface area contributed by atoms with Gasteiger partial charge in [0.1, 0.15) is 5.75 Å². The van der Waals surface area contributed by atoms with E-state index in [1.54, 1.807) is 12.1 Å². The molecule has 2 aromatic rings. The smallest absolute Gasteiger partial charge is 0.228 e. The van der Waals surface area contributed by atoms with Crippen LogP contribution in [0, 0.1) is 11.8 Å². The molecular formula is C20H19BrN2O3. The van der Waals surface area contributed by atoms with Crippen LogP contribution >= 0.6 is 15.9 Å². The Bertz CT molecular complexity index is 833. The minimum atomic E-state index is -0.460. The van der Waals surface area contributed by atoms with Gasteiger partial charge in [0.05, 0.1) is 11.8 Å². The van der Waals surface area contributed by atoms with Crippen LogP contribution in [0.2, 0.25) is 0 Å². The topological polar surface area (TPSA) is 78.4 Å². The molecular weight excluding hydrogens is 396 g/mol. The Hall–Kier alpha value is -2.60. The highest BCUT2D eigenvalue weighted by Crippen LogP contribution is 2.29. The van der Waals surface area contributed by atoms with Gasteiger partial charge < -0.3 is 15.7 Å². The van der Waals surface area contributed by atoms with Gasteiger partial charge in [0.15, 0.2) is 0 Å². The number of halogens is 1. The Labute approximate surface area is 160 Å². The van der Waals surface area contributed by atoms with Crippen molar-refractivity contribution in [1.29, 1.82) is 0 Å². The lowest BCUT2D eigenvalue weighted by atomic mass is 9.81. The lowest BCUT2D eigenvalue weighted by Gasteiger charge is -2.26. The van der Waals surface area contributed by atoms with E-state index in [0.717, 1.165) is 4.47 Å². The second-order valence-electron chi connectivity index (χ2n) is 6.19. The number of allylic oxidation sites excluding steroid dienone is 2. The quantitative estimate of drug-likeness (QED) is 0.651. The Morgan fingerprint density at radius 2 is 1.46 bits per heavy atom. The van der Waals surface area contributed by atoms with Crippen molar-refractivity contribution in [3.8, 4) is 5.75 Å². The lowest BCUT2D eigenvalue weighted by molar-refractivity contribution is -0.129. The average Bonchev–Trinajstić information content (AvgIpc) is 2.63. The molecule has 26 heavy (non-hydrogen) atoms. The molecule has 3 rings (SSSR count). The number of phenolic OH excluding ortho intramolecular Hbond substituents is 1. The molecule has 0 aliphatic heterocycles. The highest BCUT2D eigenvalue weighted by atomic mass is 79.9. The zero-order valence-corrected chi connectivity index (χ0v) is 15.6. The number of carbonyl (C=O) groups is 2. The molecule has 1 aliphatic carbocycles. The average molecular weight is 415 g/mol. The largest absolute Gasteiger partial charge is 0.508 e. The standard InChI is InChI=1S/C20H19BrN2O3/c21-13-8-10-14(11-9-13)22-19(25)17-6-1-2-7-18(17)20(26)23-15-4-3-5-16(24)12-15/h1-5,8-12,17-18,24H,6-7H2,(H,22,25)(H,23,26). The Morgan fingerprint density at radius 1 is 0.885 bits per heavy atom. The van der Waals surface area contributed by atoms with Crippen molar-refractivity contribution in [2.24, 2.45) is 11.8 Å². The number of benzene rings is 2. The molecule has 2 unspecified atom stereocenters. The van der Waals surface area contributed by atoms with Crippen LogP contribution < -0.4 is 10.6 Å². The number of amides is 2. The zero-order chi connectivity index (χ0) is 18.5. The number of phenols is 1. The monoisotopic (exact) mass is 414 g/mol. The van der Waals surface area contributed by atoms with Crippen LogP contribution in [0.3, 0.4) is 0 Å². The summed E-state index contributed by atoms with van der Waals surface area (Å²) in [6.07, 6.45) is 4.88. The molecule has 2 atom stereocenters. The van der Waals surface area contributed by atoms with Crippen molar-refractivity contribution in [1.82, 2.24) is 0 Å². The van der Waals surface area contributed by atoms with E-state index in [2.05, 4.69) is 26.6 Å². The third-order valence-corrected chi connectivity index (χ3v) is 4.86. The Kier molecular flexibility index (Phi) is 5.73. The maximum absolute atomic E-state index is 12.7. The molecule has 0 heterocycles. The minimum absolute atomic E-state index is 0.0795. The van der Waals surface area contributed by atoms with Gasteiger partial charge in [-0.2, -0.15) is 0 Å². The molecule has 2 amide bonds. The van der Waals surface area contributed by atoms with Gasteiger partial charge in [-0.15, -0.1) is 0 Å². The van der Waals surface area contributed by atoms with Gasteiger partial charge in [-0.25, -0.2) is 0 Å². The molecule has 0 spiro atoms. The van der Waals surface area contributed by atoms with Crippen LogP contribution in [0.4, 0.5) is 11.4 Å². The number of hydrogen-bond acceptors (Lipinski definition) is 3. The van der Waals surface area contributed by atoms with Crippen LogP contribution in [0.25, 0.3) is 0 Å². The Morgan fingerprint density at radius 3 is 2.04 bits per heavy atom. The molecule has 6 heteroatoms. The maximum atomic E-state index is 12.7. The summed E-state index contributed by atoms with van der Waals surface area (Å²) >= 11 is 3.36. The van der Waals surface area contributed by atoms with Crippen LogP contribution in [-0.4, -0.2) is 16.9 Å². The summed E-state index contributed by atoms with van der Waals surface area (Å²) < 4.78 is 0.930. The van der Waals surface area contributed by atoms with Crippen LogP contribution in [0.15, 0.2) is 65.2 Å². The molecule has 0 radical (unpaired) electrons. The number of hydrogen-bond donors (Lipinski definition) is 3. The summed E-state index contributed by atoms with van der Waals surface area (Å²) in [4.78, 5) is 25.4. The molecule has 5 nitrogen and oxygen atoms in total. The fraction of sp³-hybridized carbons (Fsp3) is 0.200. The van der Waals surface area contributed by atoms with Crippen molar-refractivity contribution < 1.29 is 14.7 Å². The van der Waals surface area contributed by atoms with E-state index >= 15 is 0 Å². The summed E-state index contributed by atoms with van der Waals surface area (Å²) in [6.45, 7) is 0. The SMILES string of the molecule is O=C(Nc1ccc(Br)cc1)C1CC=CCC1C(=O)Nc1cccc(O)c1. The van der Waals surface area contributed by atoms with E-state index in [4.69, 9.17) is 0 Å². The Balaban J connectivity index is 1.70. The van der Waals surface area contributed by atoms with E-state index in [9.17, 15) is 14.7 Å². The first kappa shape index (κ1) is 18.2. The van der Waals surface area contributed by atoms with Crippen molar-refractivity contribution in [3.05, 3.63) is 65.2 Å². The van der Waals surface area contributed by atoms with Gasteiger partial charge in [0, 0.05) is 21.9 Å². The second kappa shape index (κ2) is 8.19. The summed E-state index contributed by atoms with van der Waals surface area (Å²) in [6, 6.07) is 13.7. The fourth-order valence-corrected chi connectivity index (χ4v) is 3.24. The first-order chi connectivity index (χ1) is 12.5. The van der Waals surface area contributed by atoms with Crippen LogP contribution in [0.1, 0.15) is 12.8 Å². The molecule has 0 saturated carbocycles. The molecule has 134 valence electrons. The lowest BCUT2D eigenvalue weighted by Crippen LogP contribution is -2.37. The number of carbonyl (C=O) groups excluding carboxylic acids is 2. The van der Waals surface area contributed by atoms with Gasteiger partial charge in [-0.05, 0) is 49.2 Å². The van der Waals surface area contributed by atoms with Crippen LogP contribution in [-0.2, 0) is 9.59 Å². The zero-order valence-electron chi connectivity index (χ0n) is 14.0. The first-order valence-corrected chi connectivity index (χ1v) is 9.13. The van der Waals surface area contributed by atoms with Gasteiger partial charge >= 0.3 is 0 Å². The summed E-state index contributed by atoms with van der Waals surface area (Å²) in [5, 5.41) is 15.2. The van der Waals surface area contributed by atoms with Crippen molar-refractivity contribution in [2.45, 2.75) is 12.8 Å². The second-order valence-corrected chi connectivity index (χ2v) is 7.11. The minimum Gasteiger partial charge on any atom is -0.508 e. The van der Waals surface area contributed by atoms with Gasteiger partial charge in [-0.1, -0.05) is 34.1 Å². The summed E-state index contributed by atoms with van der Waals surface area (Å²) in [7, 11) is 0. The van der Waals surface area contributed by atoms with Gasteiger partial charge in [0.25, 0.3) is 0 Å². The van der Waals surface area contributed by atoms with E-state index < -0.39 is 11.8 Å². The molecule has 0 fully saturated rings. The molecule has 3 N–H and O–H groups in total. The normalized spacial score (nSPS) is 19.0. The number of rotatable bonds is 4. The molecule has 0 bridgehead atoms. The maximum Gasteiger partial charge on any atom is 0.228 e. The van der Waals surface area contributed by atoms with Gasteiger partial charge in [0.2, 0.25) is 11.8 Å². The molecule has 1 aliphatic rings. The molecule has 0 aromatic heterocycles. The third-order valence-electron chi connectivity index (χ3n) is 4.33.